The van der Waals surface area contributed by atoms with Crippen molar-refractivity contribution < 1.29 is 9.31 Å². The van der Waals surface area contributed by atoms with Gasteiger partial charge in [-0.15, -0.1) is 12.4 Å². The molecule has 0 unspecified atom stereocenters. The molecule has 2 rings (SSSR count). The first-order chi connectivity index (χ1) is 9.10. The lowest BCUT2D eigenvalue weighted by Gasteiger charge is -2.31. The fourth-order valence-electron chi connectivity index (χ4n) is 2.40. The van der Waals surface area contributed by atoms with Crippen molar-refractivity contribution in [2.45, 2.75) is 25.4 Å². The predicted molar refractivity (Wildman–Crippen MR) is 77.7 cm³/mol. The Kier molecular flexibility index (Phi) is 6.32. The molecular formula is C13H19ClFN3O2. The van der Waals surface area contributed by atoms with Gasteiger partial charge in [-0.2, -0.15) is 0 Å². The van der Waals surface area contributed by atoms with Crippen LogP contribution in [-0.4, -0.2) is 36.0 Å². The van der Waals surface area contributed by atoms with Crippen molar-refractivity contribution in [3.8, 4) is 0 Å². The molecule has 1 aromatic carbocycles. The van der Waals surface area contributed by atoms with E-state index in [9.17, 15) is 14.5 Å². The number of halogens is 2. The average molecular weight is 304 g/mol. The van der Waals surface area contributed by atoms with E-state index in [0.717, 1.165) is 32.0 Å². The molecule has 1 fully saturated rings. The van der Waals surface area contributed by atoms with E-state index in [0.29, 0.717) is 18.2 Å². The van der Waals surface area contributed by atoms with Crippen molar-refractivity contribution in [3.63, 3.8) is 0 Å². The van der Waals surface area contributed by atoms with Crippen LogP contribution in [0.15, 0.2) is 18.2 Å². The molecule has 1 aromatic rings. The monoisotopic (exact) mass is 303 g/mol. The van der Waals surface area contributed by atoms with Gasteiger partial charge in [0.15, 0.2) is 0 Å². The lowest BCUT2D eigenvalue weighted by Crippen LogP contribution is -2.40. The number of benzene rings is 1. The molecule has 0 atom stereocenters. The van der Waals surface area contributed by atoms with Crippen molar-refractivity contribution in [1.29, 1.82) is 0 Å². The second-order valence-corrected chi connectivity index (χ2v) is 4.87. The highest BCUT2D eigenvalue weighted by atomic mass is 35.5. The normalized spacial score (nSPS) is 16.7. The fourth-order valence-corrected chi connectivity index (χ4v) is 2.40. The second kappa shape index (κ2) is 7.52. The Hall–Kier alpha value is -1.24. The number of likely N-dealkylation sites (tertiary alicyclic amines) is 1. The molecule has 1 aliphatic rings. The van der Waals surface area contributed by atoms with Crippen LogP contribution in [0, 0.1) is 15.9 Å². The highest BCUT2D eigenvalue weighted by Gasteiger charge is 2.19. The third kappa shape index (κ3) is 4.13. The van der Waals surface area contributed by atoms with Gasteiger partial charge in [-0.3, -0.25) is 15.0 Å². The van der Waals surface area contributed by atoms with Crippen molar-refractivity contribution in [3.05, 3.63) is 39.7 Å². The summed E-state index contributed by atoms with van der Waals surface area (Å²) in [5.41, 5.74) is 0.323. The van der Waals surface area contributed by atoms with E-state index in [1.54, 1.807) is 0 Å². The van der Waals surface area contributed by atoms with Crippen LogP contribution in [0.3, 0.4) is 0 Å². The molecule has 1 saturated heterocycles. The number of hydrogen-bond donors (Lipinski definition) is 1. The van der Waals surface area contributed by atoms with Crippen LogP contribution < -0.4 is 5.32 Å². The van der Waals surface area contributed by atoms with Gasteiger partial charge in [0.05, 0.1) is 11.0 Å². The molecule has 5 nitrogen and oxygen atoms in total. The van der Waals surface area contributed by atoms with Crippen LogP contribution >= 0.6 is 12.4 Å². The first kappa shape index (κ1) is 16.8. The van der Waals surface area contributed by atoms with E-state index in [-0.39, 0.29) is 18.1 Å². The molecule has 0 aromatic heterocycles. The minimum atomic E-state index is -0.578. The summed E-state index contributed by atoms with van der Waals surface area (Å²) in [6, 6.07) is 4.41. The summed E-state index contributed by atoms with van der Waals surface area (Å²) in [6.45, 7) is 2.35. The molecule has 112 valence electrons. The summed E-state index contributed by atoms with van der Waals surface area (Å²) in [4.78, 5) is 12.1. The lowest BCUT2D eigenvalue weighted by molar-refractivity contribution is -0.385. The van der Waals surface area contributed by atoms with Crippen LogP contribution in [0.25, 0.3) is 0 Å². The Morgan fingerprint density at radius 3 is 2.60 bits per heavy atom. The summed E-state index contributed by atoms with van der Waals surface area (Å²) in [6.07, 6.45) is 2.09. The van der Waals surface area contributed by atoms with E-state index < -0.39 is 10.7 Å². The smallest absolute Gasteiger partial charge is 0.272 e. The van der Waals surface area contributed by atoms with E-state index in [2.05, 4.69) is 10.2 Å². The van der Waals surface area contributed by atoms with Crippen molar-refractivity contribution in [2.24, 2.45) is 0 Å². The Balaban J connectivity index is 0.00000200. The molecule has 0 saturated carbocycles. The van der Waals surface area contributed by atoms with Gasteiger partial charge < -0.3 is 5.32 Å². The Labute approximate surface area is 123 Å². The molecule has 1 aliphatic heterocycles. The molecule has 20 heavy (non-hydrogen) atoms. The number of hydrogen-bond acceptors (Lipinski definition) is 4. The van der Waals surface area contributed by atoms with Gasteiger partial charge in [-0.05, 0) is 39.0 Å². The summed E-state index contributed by atoms with van der Waals surface area (Å²) >= 11 is 0. The minimum Gasteiger partial charge on any atom is -0.317 e. The number of nitrogens with zero attached hydrogens (tertiary/aromatic N) is 2. The molecule has 7 heteroatoms. The van der Waals surface area contributed by atoms with Crippen LogP contribution in [-0.2, 0) is 6.54 Å². The third-order valence-corrected chi connectivity index (χ3v) is 3.64. The maximum Gasteiger partial charge on any atom is 0.272 e. The SMILES string of the molecule is CNC1CCN(Cc2ccc([N+](=O)[O-])cc2F)CC1.Cl. The van der Waals surface area contributed by atoms with Crippen LogP contribution in [0.2, 0.25) is 0 Å². The maximum atomic E-state index is 13.8. The molecule has 0 radical (unpaired) electrons. The number of nitrogens with one attached hydrogen (secondary N) is 1. The maximum absolute atomic E-state index is 13.8. The van der Waals surface area contributed by atoms with Gasteiger partial charge in [0.2, 0.25) is 0 Å². The minimum absolute atomic E-state index is 0. The number of nitro benzene ring substituents is 1. The Bertz CT molecular complexity index is 465. The number of nitro groups is 1. The second-order valence-electron chi connectivity index (χ2n) is 4.87. The molecule has 0 aliphatic carbocycles. The number of rotatable bonds is 4. The Morgan fingerprint density at radius 1 is 1.45 bits per heavy atom. The van der Waals surface area contributed by atoms with E-state index in [1.807, 2.05) is 7.05 Å². The van der Waals surface area contributed by atoms with Gasteiger partial charge in [0.1, 0.15) is 5.82 Å². The standard InChI is InChI=1S/C13H18FN3O2.ClH/c1-15-11-4-6-16(7-5-11)9-10-2-3-12(17(18)19)8-13(10)14;/h2-3,8,11,15H,4-7,9H2,1H3;1H. The molecule has 0 spiro atoms. The first-order valence-electron chi connectivity index (χ1n) is 6.42. The highest BCUT2D eigenvalue weighted by Crippen LogP contribution is 2.19. The van der Waals surface area contributed by atoms with E-state index >= 15 is 0 Å². The highest BCUT2D eigenvalue weighted by molar-refractivity contribution is 5.85. The zero-order valence-corrected chi connectivity index (χ0v) is 12.2. The van der Waals surface area contributed by atoms with Gasteiger partial charge in [-0.25, -0.2) is 4.39 Å². The van der Waals surface area contributed by atoms with Gasteiger partial charge in [-0.1, -0.05) is 0 Å². The van der Waals surface area contributed by atoms with Crippen molar-refractivity contribution >= 4 is 18.1 Å². The van der Waals surface area contributed by atoms with Crippen LogP contribution in [0.1, 0.15) is 18.4 Å². The lowest BCUT2D eigenvalue weighted by atomic mass is 10.0. The molecular weight excluding hydrogens is 285 g/mol. The summed E-state index contributed by atoms with van der Waals surface area (Å²) in [7, 11) is 1.95. The molecule has 1 N–H and O–H groups in total. The van der Waals surface area contributed by atoms with E-state index in [1.165, 1.54) is 12.1 Å². The molecule has 1 heterocycles. The molecule has 0 amide bonds. The van der Waals surface area contributed by atoms with Gasteiger partial charge in [0.25, 0.3) is 5.69 Å². The zero-order valence-electron chi connectivity index (χ0n) is 11.3. The Morgan fingerprint density at radius 2 is 2.10 bits per heavy atom. The van der Waals surface area contributed by atoms with Gasteiger partial charge >= 0.3 is 0 Å². The van der Waals surface area contributed by atoms with Crippen molar-refractivity contribution in [1.82, 2.24) is 10.2 Å². The number of non-ortho nitro benzene ring substituents is 1. The van der Waals surface area contributed by atoms with Gasteiger partial charge in [0, 0.05) is 24.2 Å². The quantitative estimate of drug-likeness (QED) is 0.685. The number of piperidine rings is 1. The predicted octanol–water partition coefficient (Wildman–Crippen LogP) is 2.34. The summed E-state index contributed by atoms with van der Waals surface area (Å²) in [5.74, 6) is -0.495. The van der Waals surface area contributed by atoms with Crippen LogP contribution in [0.4, 0.5) is 10.1 Å². The first-order valence-corrected chi connectivity index (χ1v) is 6.42. The summed E-state index contributed by atoms with van der Waals surface area (Å²) < 4.78 is 13.8. The third-order valence-electron chi connectivity index (χ3n) is 3.64. The fraction of sp³-hybridized carbons (Fsp3) is 0.538. The molecule has 0 bridgehead atoms. The summed E-state index contributed by atoms with van der Waals surface area (Å²) in [5, 5.41) is 13.8. The van der Waals surface area contributed by atoms with E-state index in [4.69, 9.17) is 0 Å². The average Bonchev–Trinajstić information content (AvgIpc) is 2.41. The largest absolute Gasteiger partial charge is 0.317 e. The van der Waals surface area contributed by atoms with Crippen molar-refractivity contribution in [2.75, 3.05) is 20.1 Å². The zero-order chi connectivity index (χ0) is 13.8. The topological polar surface area (TPSA) is 58.4 Å². The van der Waals surface area contributed by atoms with Crippen LogP contribution in [0.5, 0.6) is 0 Å².